The highest BCUT2D eigenvalue weighted by molar-refractivity contribution is 5.83. The van der Waals surface area contributed by atoms with Crippen LogP contribution >= 0.6 is 0 Å². The van der Waals surface area contributed by atoms with E-state index < -0.39 is 16.9 Å². The molecule has 0 unspecified atom stereocenters. The maximum atomic E-state index is 11.3. The third-order valence-corrected chi connectivity index (χ3v) is 3.46. The number of nitroso groups, excluding NO2 is 1. The number of carbonyl (C=O) groups excluding carboxylic acids is 1. The van der Waals surface area contributed by atoms with Crippen LogP contribution in [0.3, 0.4) is 0 Å². The van der Waals surface area contributed by atoms with Crippen molar-refractivity contribution in [1.82, 2.24) is 0 Å². The first-order valence-electron chi connectivity index (χ1n) is 5.04. The Labute approximate surface area is 83.7 Å². The van der Waals surface area contributed by atoms with E-state index >= 15 is 0 Å². The first-order chi connectivity index (χ1) is 6.44. The lowest BCUT2D eigenvalue weighted by Crippen LogP contribution is -2.50. The molecule has 0 radical (unpaired) electrons. The zero-order valence-electron chi connectivity index (χ0n) is 8.75. The third kappa shape index (κ3) is 1.71. The van der Waals surface area contributed by atoms with E-state index in [2.05, 4.69) is 5.18 Å². The van der Waals surface area contributed by atoms with Crippen LogP contribution in [0.4, 0.5) is 0 Å². The molecule has 14 heavy (non-hydrogen) atoms. The van der Waals surface area contributed by atoms with Crippen LogP contribution in [0.25, 0.3) is 0 Å². The molecule has 0 aromatic rings. The lowest BCUT2D eigenvalue weighted by Gasteiger charge is -2.42. The normalized spacial score (nSPS) is 21.6. The van der Waals surface area contributed by atoms with Crippen LogP contribution in [0.1, 0.15) is 46.0 Å². The minimum Gasteiger partial charge on any atom is -0.389 e. The molecule has 1 fully saturated rings. The topological polar surface area (TPSA) is 66.7 Å². The molecule has 1 aliphatic carbocycles. The maximum absolute atomic E-state index is 11.3. The fourth-order valence-corrected chi connectivity index (χ4v) is 2.07. The fraction of sp³-hybridized carbons (Fsp3) is 0.900. The fourth-order valence-electron chi connectivity index (χ4n) is 2.07. The largest absolute Gasteiger partial charge is 0.389 e. The second-order valence-electron chi connectivity index (χ2n) is 4.61. The minimum absolute atomic E-state index is 0.585. The van der Waals surface area contributed by atoms with Crippen molar-refractivity contribution < 1.29 is 9.90 Å². The molecule has 0 aliphatic heterocycles. The molecule has 0 aromatic heterocycles. The molecule has 4 nitrogen and oxygen atoms in total. The van der Waals surface area contributed by atoms with Gasteiger partial charge in [0.25, 0.3) is 5.91 Å². The Morgan fingerprint density at radius 3 is 2.21 bits per heavy atom. The summed E-state index contributed by atoms with van der Waals surface area (Å²) in [5.74, 6) is -0.748. The van der Waals surface area contributed by atoms with E-state index in [1.54, 1.807) is 13.8 Å². The van der Waals surface area contributed by atoms with Gasteiger partial charge in [-0.15, -0.1) is 4.91 Å². The van der Waals surface area contributed by atoms with Crippen LogP contribution in [-0.4, -0.2) is 16.6 Å². The van der Waals surface area contributed by atoms with E-state index in [1.807, 2.05) is 0 Å². The van der Waals surface area contributed by atoms with Crippen molar-refractivity contribution in [2.45, 2.75) is 51.6 Å². The van der Waals surface area contributed by atoms with Crippen LogP contribution < -0.4 is 0 Å². The van der Waals surface area contributed by atoms with E-state index in [0.717, 1.165) is 19.3 Å². The van der Waals surface area contributed by atoms with Crippen LogP contribution in [0.2, 0.25) is 0 Å². The van der Waals surface area contributed by atoms with Crippen LogP contribution in [0.15, 0.2) is 5.18 Å². The predicted molar refractivity (Wildman–Crippen MR) is 52.6 cm³/mol. The van der Waals surface area contributed by atoms with Gasteiger partial charge < -0.3 is 5.11 Å². The van der Waals surface area contributed by atoms with Gasteiger partial charge >= 0.3 is 0 Å². The van der Waals surface area contributed by atoms with E-state index in [1.165, 1.54) is 0 Å². The van der Waals surface area contributed by atoms with E-state index in [-0.39, 0.29) is 0 Å². The van der Waals surface area contributed by atoms with Gasteiger partial charge in [-0.3, -0.25) is 4.79 Å². The second-order valence-corrected chi connectivity index (χ2v) is 4.61. The van der Waals surface area contributed by atoms with Crippen molar-refractivity contribution in [2.75, 3.05) is 0 Å². The lowest BCUT2D eigenvalue weighted by molar-refractivity contribution is -0.148. The molecule has 1 amide bonds. The maximum Gasteiger partial charge on any atom is 0.294 e. The summed E-state index contributed by atoms with van der Waals surface area (Å²) in [4.78, 5) is 21.5. The summed E-state index contributed by atoms with van der Waals surface area (Å²) in [6.45, 7) is 3.20. The number of nitrogens with zero attached hydrogens (tertiary/aromatic N) is 1. The molecule has 4 heteroatoms. The summed E-state index contributed by atoms with van der Waals surface area (Å²) in [6, 6.07) is 0. The Kier molecular flexibility index (Phi) is 3.04. The van der Waals surface area contributed by atoms with Gasteiger partial charge in [-0.1, -0.05) is 19.3 Å². The monoisotopic (exact) mass is 199 g/mol. The molecule has 80 valence electrons. The Morgan fingerprint density at radius 1 is 1.29 bits per heavy atom. The zero-order valence-corrected chi connectivity index (χ0v) is 8.75. The highest BCUT2D eigenvalue weighted by Gasteiger charge is 2.49. The van der Waals surface area contributed by atoms with Gasteiger partial charge in [0.15, 0.2) is 0 Å². The molecule has 0 aromatic carbocycles. The van der Waals surface area contributed by atoms with Gasteiger partial charge in [0.05, 0.1) is 11.0 Å². The van der Waals surface area contributed by atoms with Crippen molar-refractivity contribution in [3.63, 3.8) is 0 Å². The molecule has 0 bridgehead atoms. The van der Waals surface area contributed by atoms with Crippen LogP contribution in [0, 0.1) is 10.3 Å². The molecule has 1 N–H and O–H groups in total. The third-order valence-electron chi connectivity index (χ3n) is 3.46. The molecule has 1 saturated carbocycles. The Hall–Kier alpha value is -0.770. The number of rotatable bonds is 2. The smallest absolute Gasteiger partial charge is 0.294 e. The van der Waals surface area contributed by atoms with E-state index in [0.29, 0.717) is 12.8 Å². The average molecular weight is 199 g/mol. The quantitative estimate of drug-likeness (QED) is 0.691. The molecule has 0 atom stereocenters. The van der Waals surface area contributed by atoms with Gasteiger partial charge in [-0.25, -0.2) is 0 Å². The standard InChI is InChI=1S/C10H17NO3/c1-9(2,8(12)11-14)10(13)6-4-3-5-7-10/h13H,3-7H2,1-2H3. The predicted octanol–water partition coefficient (Wildman–Crippen LogP) is 2.00. The summed E-state index contributed by atoms with van der Waals surface area (Å²) in [5, 5.41) is 12.7. The van der Waals surface area contributed by atoms with Gasteiger partial charge in [0.1, 0.15) is 0 Å². The summed E-state index contributed by atoms with van der Waals surface area (Å²) >= 11 is 0. The second kappa shape index (κ2) is 3.77. The van der Waals surface area contributed by atoms with Gasteiger partial charge in [-0.2, -0.15) is 0 Å². The molecule has 0 heterocycles. The van der Waals surface area contributed by atoms with Crippen LogP contribution in [-0.2, 0) is 4.79 Å². The van der Waals surface area contributed by atoms with Crippen molar-refractivity contribution in [1.29, 1.82) is 0 Å². The summed E-state index contributed by atoms with van der Waals surface area (Å²) in [7, 11) is 0. The number of amides is 1. The minimum atomic E-state index is -1.05. The molecular weight excluding hydrogens is 182 g/mol. The summed E-state index contributed by atoms with van der Waals surface area (Å²) in [6.07, 6.45) is 4.07. The highest BCUT2D eigenvalue weighted by atomic mass is 16.3. The molecular formula is C10H17NO3. The van der Waals surface area contributed by atoms with E-state index in [9.17, 15) is 14.8 Å². The van der Waals surface area contributed by atoms with Crippen molar-refractivity contribution in [3.8, 4) is 0 Å². The molecule has 0 saturated heterocycles. The Balaban J connectivity index is 2.87. The number of hydrogen-bond donors (Lipinski definition) is 1. The molecule has 1 rings (SSSR count). The highest BCUT2D eigenvalue weighted by Crippen LogP contribution is 2.42. The van der Waals surface area contributed by atoms with Crippen molar-refractivity contribution in [2.24, 2.45) is 10.6 Å². The van der Waals surface area contributed by atoms with Crippen molar-refractivity contribution >= 4 is 5.91 Å². The summed E-state index contributed by atoms with van der Waals surface area (Å²) < 4.78 is 0. The van der Waals surface area contributed by atoms with Gasteiger partial charge in [0, 0.05) is 5.18 Å². The lowest BCUT2D eigenvalue weighted by atomic mass is 9.67. The zero-order chi connectivity index (χ0) is 10.8. The Bertz CT molecular complexity index is 242. The average Bonchev–Trinajstić information content (AvgIpc) is 2.17. The van der Waals surface area contributed by atoms with Gasteiger partial charge in [-0.05, 0) is 26.7 Å². The Morgan fingerprint density at radius 2 is 1.79 bits per heavy atom. The molecule has 1 aliphatic rings. The van der Waals surface area contributed by atoms with Crippen LogP contribution in [0.5, 0.6) is 0 Å². The number of hydrogen-bond acceptors (Lipinski definition) is 3. The first kappa shape index (κ1) is 11.3. The number of carbonyl (C=O) groups is 1. The molecule has 0 spiro atoms. The summed E-state index contributed by atoms with van der Waals surface area (Å²) in [5.41, 5.74) is -2.09. The van der Waals surface area contributed by atoms with Gasteiger partial charge in [0.2, 0.25) is 0 Å². The number of aliphatic hydroxyl groups is 1. The SMILES string of the molecule is CC(C)(C(=O)N=O)C1(O)CCCCC1. The van der Waals surface area contributed by atoms with E-state index in [4.69, 9.17) is 0 Å². The van der Waals surface area contributed by atoms with Crippen molar-refractivity contribution in [3.05, 3.63) is 4.91 Å². The first-order valence-corrected chi connectivity index (χ1v) is 5.04.